The molecule has 2 amide bonds. The van der Waals surface area contributed by atoms with Gasteiger partial charge < -0.3 is 14.2 Å². The molecule has 3 N–H and O–H groups in total. The Kier molecular flexibility index (Phi) is 9.56. The first-order valence-corrected chi connectivity index (χ1v) is 9.81. The number of para-hydroxylation sites is 2. The minimum Gasteiger partial charge on any atom is -0.493 e. The van der Waals surface area contributed by atoms with Crippen molar-refractivity contribution < 1.29 is 23.8 Å². The average molecular weight is 432 g/mol. The van der Waals surface area contributed by atoms with Crippen LogP contribution in [0.5, 0.6) is 11.5 Å². The maximum atomic E-state index is 12.5. The van der Waals surface area contributed by atoms with Crippen molar-refractivity contribution in [2.24, 2.45) is 0 Å². The van der Waals surface area contributed by atoms with Gasteiger partial charge in [-0.2, -0.15) is 0 Å². The molecule has 2 rings (SSSR count). The largest absolute Gasteiger partial charge is 0.493 e. The number of hydrogen-bond acceptors (Lipinski definition) is 6. The molecule has 0 bridgehead atoms. The van der Waals surface area contributed by atoms with Gasteiger partial charge in [-0.15, -0.1) is 0 Å². The Morgan fingerprint density at radius 2 is 1.40 bits per heavy atom. The second-order valence-corrected chi connectivity index (χ2v) is 6.45. The van der Waals surface area contributed by atoms with Crippen LogP contribution in [0.1, 0.15) is 34.1 Å². The number of benzene rings is 2. The van der Waals surface area contributed by atoms with E-state index in [-0.39, 0.29) is 5.11 Å². The maximum absolute atomic E-state index is 12.5. The Morgan fingerprint density at radius 3 is 2.00 bits per heavy atom. The molecule has 0 unspecified atom stereocenters. The van der Waals surface area contributed by atoms with Crippen LogP contribution in [0.25, 0.3) is 0 Å². The fourth-order valence-electron chi connectivity index (χ4n) is 2.39. The molecule has 0 radical (unpaired) electrons. The van der Waals surface area contributed by atoms with E-state index in [1.165, 1.54) is 0 Å². The topological polar surface area (TPSA) is 97.9 Å². The summed E-state index contributed by atoms with van der Waals surface area (Å²) in [5.41, 5.74) is 5.64. The molecule has 0 atom stereocenters. The average Bonchev–Trinajstić information content (AvgIpc) is 2.76. The normalized spacial score (nSPS) is 10.1. The third-order valence-corrected chi connectivity index (χ3v) is 3.99. The molecule has 0 aliphatic rings. The second-order valence-electron chi connectivity index (χ2n) is 6.04. The van der Waals surface area contributed by atoms with E-state index in [2.05, 4.69) is 16.2 Å². The minimum atomic E-state index is -0.471. The van der Waals surface area contributed by atoms with Crippen molar-refractivity contribution in [3.63, 3.8) is 0 Å². The minimum absolute atomic E-state index is 0.0630. The molecule has 0 aliphatic heterocycles. The molecule has 0 fully saturated rings. The molecule has 0 spiro atoms. The van der Waals surface area contributed by atoms with E-state index < -0.39 is 11.8 Å². The van der Waals surface area contributed by atoms with Crippen LogP contribution >= 0.6 is 12.2 Å². The lowest BCUT2D eigenvalue weighted by Gasteiger charge is -2.14. The first kappa shape index (κ1) is 23.1. The van der Waals surface area contributed by atoms with Gasteiger partial charge in [-0.25, -0.2) is 0 Å². The van der Waals surface area contributed by atoms with Crippen molar-refractivity contribution in [1.29, 1.82) is 0 Å². The molecule has 2 aromatic rings. The van der Waals surface area contributed by atoms with E-state index in [4.69, 9.17) is 26.4 Å². The van der Waals surface area contributed by atoms with Gasteiger partial charge >= 0.3 is 0 Å². The summed E-state index contributed by atoms with van der Waals surface area (Å²) in [6.07, 6.45) is 0.820. The summed E-state index contributed by atoms with van der Waals surface area (Å²) in [5, 5.41) is 2.44. The van der Waals surface area contributed by atoms with Crippen LogP contribution in [-0.2, 0) is 4.74 Å². The van der Waals surface area contributed by atoms with Gasteiger partial charge in [0.2, 0.25) is 0 Å². The van der Waals surface area contributed by atoms with Crippen LogP contribution in [-0.4, -0.2) is 43.9 Å². The molecule has 160 valence electrons. The van der Waals surface area contributed by atoms with Gasteiger partial charge in [0.15, 0.2) is 5.11 Å². The highest BCUT2D eigenvalue weighted by Crippen LogP contribution is 2.18. The number of thiocarbonyl (C=S) groups is 1. The highest BCUT2D eigenvalue weighted by atomic mass is 32.1. The predicted molar refractivity (Wildman–Crippen MR) is 117 cm³/mol. The quantitative estimate of drug-likeness (QED) is 0.319. The predicted octanol–water partition coefficient (Wildman–Crippen LogP) is 2.45. The highest BCUT2D eigenvalue weighted by molar-refractivity contribution is 7.80. The Labute approximate surface area is 180 Å². The number of amides is 2. The number of nitrogens with one attached hydrogen (secondary N) is 3. The molecule has 2 aromatic carbocycles. The second kappa shape index (κ2) is 12.4. The lowest BCUT2D eigenvalue weighted by molar-refractivity contribution is 0.0929. The summed E-state index contributed by atoms with van der Waals surface area (Å²) >= 11 is 5.10. The fourth-order valence-corrected chi connectivity index (χ4v) is 2.53. The van der Waals surface area contributed by atoms with Gasteiger partial charge in [0.05, 0.1) is 24.3 Å². The molecular formula is C21H25N3O5S. The molecule has 8 nitrogen and oxygen atoms in total. The smallest absolute Gasteiger partial charge is 0.273 e. The van der Waals surface area contributed by atoms with Crippen LogP contribution in [0.15, 0.2) is 48.5 Å². The van der Waals surface area contributed by atoms with Crippen LogP contribution in [0.3, 0.4) is 0 Å². The van der Waals surface area contributed by atoms with Gasteiger partial charge in [-0.05, 0) is 42.9 Å². The zero-order valence-corrected chi connectivity index (χ0v) is 17.7. The molecule has 9 heteroatoms. The number of carbonyl (C=O) groups excluding carboxylic acids is 2. The van der Waals surface area contributed by atoms with Gasteiger partial charge in [0, 0.05) is 7.11 Å². The van der Waals surface area contributed by atoms with Crippen LogP contribution < -0.4 is 25.6 Å². The summed E-state index contributed by atoms with van der Waals surface area (Å²) in [6.45, 7) is 3.18. The summed E-state index contributed by atoms with van der Waals surface area (Å²) < 4.78 is 16.1. The Balaban J connectivity index is 1.92. The van der Waals surface area contributed by atoms with Crippen molar-refractivity contribution in [2.45, 2.75) is 13.3 Å². The molecule has 0 saturated carbocycles. The number of carbonyl (C=O) groups is 2. The van der Waals surface area contributed by atoms with Crippen molar-refractivity contribution in [3.8, 4) is 11.5 Å². The number of ether oxygens (including phenoxy) is 3. The molecular weight excluding hydrogens is 406 g/mol. The lowest BCUT2D eigenvalue weighted by atomic mass is 10.2. The monoisotopic (exact) mass is 431 g/mol. The SMILES string of the molecule is CCCOc1ccccc1C(=O)NNC(=S)NC(=O)c1ccccc1OCCOC. The third-order valence-electron chi connectivity index (χ3n) is 3.79. The molecule has 0 heterocycles. The third kappa shape index (κ3) is 7.02. The van der Waals surface area contributed by atoms with Crippen LogP contribution in [0.4, 0.5) is 0 Å². The molecule has 0 aliphatic carbocycles. The van der Waals surface area contributed by atoms with Crippen LogP contribution in [0, 0.1) is 0 Å². The first-order chi connectivity index (χ1) is 14.6. The van der Waals surface area contributed by atoms with E-state index in [9.17, 15) is 9.59 Å². The van der Waals surface area contributed by atoms with Crippen molar-refractivity contribution in [3.05, 3.63) is 59.7 Å². The van der Waals surface area contributed by atoms with E-state index >= 15 is 0 Å². The van der Waals surface area contributed by atoms with Gasteiger partial charge in [-0.3, -0.25) is 25.8 Å². The Morgan fingerprint density at radius 1 is 0.833 bits per heavy atom. The van der Waals surface area contributed by atoms with Gasteiger partial charge in [0.25, 0.3) is 11.8 Å². The summed E-state index contributed by atoms with van der Waals surface area (Å²) in [7, 11) is 1.56. The standard InChI is InChI=1S/C21H25N3O5S/c1-3-12-28-18-11-7-5-9-16(18)20(26)23-24-21(30)22-19(25)15-8-4-6-10-17(15)29-14-13-27-2/h4-11H,3,12-14H2,1-2H3,(H,23,26)(H2,22,24,25,30). The summed E-state index contributed by atoms with van der Waals surface area (Å²) in [6, 6.07) is 13.6. The van der Waals surface area contributed by atoms with Gasteiger partial charge in [0.1, 0.15) is 18.1 Å². The summed E-state index contributed by atoms with van der Waals surface area (Å²) in [5.74, 6) is -0.0420. The fraction of sp³-hybridized carbons (Fsp3) is 0.286. The van der Waals surface area contributed by atoms with Gasteiger partial charge in [-0.1, -0.05) is 31.2 Å². The number of rotatable bonds is 9. The van der Waals surface area contributed by atoms with E-state index in [1.54, 1.807) is 55.6 Å². The Hall–Kier alpha value is -3.17. The maximum Gasteiger partial charge on any atom is 0.273 e. The summed E-state index contributed by atoms with van der Waals surface area (Å²) in [4.78, 5) is 24.9. The van der Waals surface area contributed by atoms with Crippen molar-refractivity contribution >= 4 is 29.1 Å². The Bertz CT molecular complexity index is 875. The number of hydrogen-bond donors (Lipinski definition) is 3. The van der Waals surface area contributed by atoms with E-state index in [1.807, 2.05) is 6.92 Å². The molecule has 30 heavy (non-hydrogen) atoms. The first-order valence-electron chi connectivity index (χ1n) is 9.41. The van der Waals surface area contributed by atoms with Crippen molar-refractivity contribution in [2.75, 3.05) is 26.9 Å². The van der Waals surface area contributed by atoms with E-state index in [0.29, 0.717) is 42.4 Å². The highest BCUT2D eigenvalue weighted by Gasteiger charge is 2.15. The molecule has 0 saturated heterocycles. The molecule has 0 aromatic heterocycles. The van der Waals surface area contributed by atoms with Crippen molar-refractivity contribution in [1.82, 2.24) is 16.2 Å². The number of methoxy groups -OCH3 is 1. The lowest BCUT2D eigenvalue weighted by Crippen LogP contribution is -2.48. The van der Waals surface area contributed by atoms with E-state index in [0.717, 1.165) is 6.42 Å². The zero-order chi connectivity index (χ0) is 21.8. The zero-order valence-electron chi connectivity index (χ0n) is 16.9. The van der Waals surface area contributed by atoms with Crippen LogP contribution in [0.2, 0.25) is 0 Å². The number of hydrazine groups is 1.